The van der Waals surface area contributed by atoms with E-state index in [2.05, 4.69) is 26.9 Å². The summed E-state index contributed by atoms with van der Waals surface area (Å²) < 4.78 is 11.4. The van der Waals surface area contributed by atoms with E-state index in [9.17, 15) is 14.9 Å². The Bertz CT molecular complexity index is 1010. The third-order valence-corrected chi connectivity index (χ3v) is 7.97. The van der Waals surface area contributed by atoms with Gasteiger partial charge in [-0.2, -0.15) is 5.26 Å². The fourth-order valence-corrected chi connectivity index (χ4v) is 5.51. The largest absolute Gasteiger partial charge is 0.444 e. The van der Waals surface area contributed by atoms with Gasteiger partial charge in [0.2, 0.25) is 5.91 Å². The van der Waals surface area contributed by atoms with Gasteiger partial charge in [-0.1, -0.05) is 62.4 Å². The van der Waals surface area contributed by atoms with E-state index in [4.69, 9.17) is 14.5 Å². The molecular weight excluding hydrogens is 496 g/mol. The number of nitrogens with zero attached hydrogens (tertiary/aromatic N) is 3. The average molecular weight is 539 g/mol. The van der Waals surface area contributed by atoms with Crippen molar-refractivity contribution in [3.05, 3.63) is 35.9 Å². The molecule has 0 radical (unpaired) electrons. The molecule has 10 heteroatoms. The van der Waals surface area contributed by atoms with Gasteiger partial charge in [0.15, 0.2) is 0 Å². The summed E-state index contributed by atoms with van der Waals surface area (Å²) in [5.74, 6) is 0.378. The monoisotopic (exact) mass is 538 g/mol. The van der Waals surface area contributed by atoms with Gasteiger partial charge in [-0.05, 0) is 37.8 Å². The second-order valence-electron chi connectivity index (χ2n) is 11.0. The summed E-state index contributed by atoms with van der Waals surface area (Å²) in [6, 6.07) is 11.1. The average Bonchev–Trinajstić information content (AvgIpc) is 2.98. The maximum Gasteiger partial charge on any atom is 0.412 e. The summed E-state index contributed by atoms with van der Waals surface area (Å²) in [4.78, 5) is 33.6. The molecule has 2 unspecified atom stereocenters. The van der Waals surface area contributed by atoms with Crippen LogP contribution in [-0.2, 0) is 20.9 Å². The quantitative estimate of drug-likeness (QED) is 0.343. The second-order valence-corrected chi connectivity index (χ2v) is 11.0. The maximum atomic E-state index is 13.8. The number of alkyl carbamates (subject to hydrolysis) is 1. The van der Waals surface area contributed by atoms with E-state index in [1.54, 1.807) is 0 Å². The fourth-order valence-electron chi connectivity index (χ4n) is 5.51. The highest BCUT2D eigenvalue weighted by Crippen LogP contribution is 2.29. The molecule has 0 aromatic heterocycles. The van der Waals surface area contributed by atoms with E-state index in [0.717, 1.165) is 44.3 Å². The molecular formula is C29H42N6O4. The smallest absolute Gasteiger partial charge is 0.412 e. The van der Waals surface area contributed by atoms with Crippen LogP contribution in [0, 0.1) is 17.2 Å². The Kier molecular flexibility index (Phi) is 10.7. The van der Waals surface area contributed by atoms with Gasteiger partial charge in [-0.25, -0.2) is 4.79 Å². The predicted octanol–water partition coefficient (Wildman–Crippen LogP) is 2.74. The number of likely N-dealkylation sites (tertiary alicyclic amines) is 1. The fraction of sp³-hybridized carbons (Fsp3) is 0.655. The number of nitriles is 1. The predicted molar refractivity (Wildman–Crippen MR) is 148 cm³/mol. The third-order valence-electron chi connectivity index (χ3n) is 7.97. The molecule has 1 saturated carbocycles. The van der Waals surface area contributed by atoms with Crippen LogP contribution in [0.25, 0.3) is 0 Å². The number of amides is 2. The summed E-state index contributed by atoms with van der Waals surface area (Å²) in [6.07, 6.45) is 6.14. The standard InChI is InChI=1S/C29H42N6O4/c1-35-15-12-29(21-30,13-16-35)34-27(36)24(18-22-8-4-2-5-9-22)32-26(25-19-31-14-17-38-25)33-28(37)39-20-23-10-6-3-7-11-23/h3,6-7,10-11,22,24-25,31H,2,4-5,8-9,12-20H2,1H3,(H,34,36)(H,32,33,37). The summed E-state index contributed by atoms with van der Waals surface area (Å²) in [7, 11) is 2.02. The van der Waals surface area contributed by atoms with Crippen molar-refractivity contribution in [2.24, 2.45) is 10.9 Å². The molecule has 39 heavy (non-hydrogen) atoms. The number of amidine groups is 1. The van der Waals surface area contributed by atoms with Crippen molar-refractivity contribution in [3.63, 3.8) is 0 Å². The van der Waals surface area contributed by atoms with Crippen LogP contribution in [0.1, 0.15) is 56.9 Å². The number of aliphatic imine (C=N–C) groups is 1. The molecule has 212 valence electrons. The Morgan fingerprint density at radius 2 is 1.97 bits per heavy atom. The first-order chi connectivity index (χ1) is 19.0. The number of nitrogens with one attached hydrogen (secondary N) is 3. The lowest BCUT2D eigenvalue weighted by Gasteiger charge is -2.37. The number of ether oxygens (including phenoxy) is 2. The van der Waals surface area contributed by atoms with E-state index in [-0.39, 0.29) is 18.3 Å². The topological polar surface area (TPSA) is 128 Å². The Morgan fingerprint density at radius 1 is 1.23 bits per heavy atom. The first kappa shape index (κ1) is 29.0. The molecule has 10 nitrogen and oxygen atoms in total. The van der Waals surface area contributed by atoms with Crippen LogP contribution in [0.5, 0.6) is 0 Å². The maximum absolute atomic E-state index is 13.8. The van der Waals surface area contributed by atoms with Crippen LogP contribution < -0.4 is 16.0 Å². The third kappa shape index (κ3) is 8.75. The number of carbonyl (C=O) groups excluding carboxylic acids is 2. The molecule has 3 fully saturated rings. The minimum Gasteiger partial charge on any atom is -0.444 e. The molecule has 2 saturated heterocycles. The van der Waals surface area contributed by atoms with Crippen LogP contribution in [0.3, 0.4) is 0 Å². The zero-order valence-electron chi connectivity index (χ0n) is 23.0. The van der Waals surface area contributed by atoms with Gasteiger partial charge in [-0.3, -0.25) is 15.1 Å². The second kappa shape index (κ2) is 14.4. The SMILES string of the molecule is CN1CCC(C#N)(NC(=O)C(CC2CCCCC2)N=C(NC(=O)OCc2ccccc2)C2CNCCO2)CC1. The number of rotatable bonds is 8. The molecule has 2 aliphatic heterocycles. The highest BCUT2D eigenvalue weighted by Gasteiger charge is 2.38. The molecule has 2 amide bonds. The van der Waals surface area contributed by atoms with Crippen LogP contribution >= 0.6 is 0 Å². The van der Waals surface area contributed by atoms with Crippen molar-refractivity contribution in [3.8, 4) is 6.07 Å². The van der Waals surface area contributed by atoms with Gasteiger partial charge in [0.1, 0.15) is 30.1 Å². The molecule has 0 spiro atoms. The lowest BCUT2D eigenvalue weighted by molar-refractivity contribution is -0.124. The van der Waals surface area contributed by atoms with Crippen LogP contribution in [-0.4, -0.2) is 80.3 Å². The number of piperidine rings is 1. The van der Waals surface area contributed by atoms with Gasteiger partial charge >= 0.3 is 6.09 Å². The van der Waals surface area contributed by atoms with E-state index in [1.165, 1.54) is 6.42 Å². The zero-order chi connectivity index (χ0) is 27.5. The van der Waals surface area contributed by atoms with Crippen molar-refractivity contribution < 1.29 is 19.1 Å². The molecule has 1 aromatic rings. The van der Waals surface area contributed by atoms with Crippen molar-refractivity contribution in [1.82, 2.24) is 20.9 Å². The Balaban J connectivity index is 1.53. The number of benzene rings is 1. The number of carbonyl (C=O) groups is 2. The number of hydrogen-bond acceptors (Lipinski definition) is 8. The van der Waals surface area contributed by atoms with Gasteiger partial charge in [-0.15, -0.1) is 0 Å². The van der Waals surface area contributed by atoms with Gasteiger partial charge in [0.05, 0.1) is 12.7 Å². The van der Waals surface area contributed by atoms with Crippen molar-refractivity contribution in [2.75, 3.05) is 39.8 Å². The van der Waals surface area contributed by atoms with Gasteiger partial charge in [0, 0.05) is 26.2 Å². The Morgan fingerprint density at radius 3 is 2.64 bits per heavy atom. The lowest BCUT2D eigenvalue weighted by Crippen LogP contribution is -2.56. The summed E-state index contributed by atoms with van der Waals surface area (Å²) in [6.45, 7) is 3.24. The Hall–Kier alpha value is -3.00. The van der Waals surface area contributed by atoms with Crippen molar-refractivity contribution >= 4 is 17.8 Å². The number of morpholine rings is 1. The molecule has 2 heterocycles. The molecule has 2 atom stereocenters. The van der Waals surface area contributed by atoms with E-state index >= 15 is 0 Å². The van der Waals surface area contributed by atoms with Crippen LogP contribution in [0.2, 0.25) is 0 Å². The van der Waals surface area contributed by atoms with Crippen LogP contribution in [0.15, 0.2) is 35.3 Å². The molecule has 0 bridgehead atoms. The van der Waals surface area contributed by atoms with Crippen LogP contribution in [0.4, 0.5) is 4.79 Å². The molecule has 3 N–H and O–H groups in total. The first-order valence-corrected chi connectivity index (χ1v) is 14.3. The Labute approximate surface area is 231 Å². The van der Waals surface area contributed by atoms with Gasteiger partial charge < -0.3 is 25.0 Å². The summed E-state index contributed by atoms with van der Waals surface area (Å²) in [5.41, 5.74) is -0.0362. The molecule has 3 aliphatic rings. The highest BCUT2D eigenvalue weighted by atomic mass is 16.5. The van der Waals surface area contributed by atoms with E-state index in [1.807, 2.05) is 37.4 Å². The van der Waals surface area contributed by atoms with E-state index in [0.29, 0.717) is 44.9 Å². The van der Waals surface area contributed by atoms with Crippen molar-refractivity contribution in [2.45, 2.75) is 75.7 Å². The summed E-state index contributed by atoms with van der Waals surface area (Å²) >= 11 is 0. The van der Waals surface area contributed by atoms with Crippen molar-refractivity contribution in [1.29, 1.82) is 5.26 Å². The minimum atomic E-state index is -0.908. The van der Waals surface area contributed by atoms with Gasteiger partial charge in [0.25, 0.3) is 0 Å². The normalized spacial score (nSPS) is 23.3. The zero-order valence-corrected chi connectivity index (χ0v) is 23.0. The van der Waals surface area contributed by atoms with E-state index < -0.39 is 23.8 Å². The number of hydrogen-bond donors (Lipinski definition) is 3. The molecule has 1 aliphatic carbocycles. The minimum absolute atomic E-state index is 0.120. The summed E-state index contributed by atoms with van der Waals surface area (Å²) in [5, 5.41) is 19.1. The highest BCUT2D eigenvalue weighted by molar-refractivity contribution is 5.99. The molecule has 1 aromatic carbocycles. The first-order valence-electron chi connectivity index (χ1n) is 14.3. The molecule has 4 rings (SSSR count). The lowest BCUT2D eigenvalue weighted by atomic mass is 9.84.